The van der Waals surface area contributed by atoms with Crippen LogP contribution in [0.25, 0.3) is 11.1 Å². The van der Waals surface area contributed by atoms with Crippen LogP contribution >= 0.6 is 0 Å². The van der Waals surface area contributed by atoms with Gasteiger partial charge >= 0.3 is 6.09 Å². The molecule has 2 heterocycles. The van der Waals surface area contributed by atoms with Crippen LogP contribution in [0.2, 0.25) is 0 Å². The summed E-state index contributed by atoms with van der Waals surface area (Å²) in [4.78, 5) is 13.7. The number of anilines is 2. The molecule has 2 aromatic heterocycles. The highest BCUT2D eigenvalue weighted by molar-refractivity contribution is 5.94. The van der Waals surface area contributed by atoms with Gasteiger partial charge < -0.3 is 5.11 Å². The molecular weight excluding hydrogens is 480 g/mol. The number of nitrogens with one attached hydrogen (secondary N) is 1. The van der Waals surface area contributed by atoms with Crippen molar-refractivity contribution in [2.45, 2.75) is 38.1 Å². The summed E-state index contributed by atoms with van der Waals surface area (Å²) >= 11 is 0. The summed E-state index contributed by atoms with van der Waals surface area (Å²) in [5.41, 5.74) is 5.13. The fourth-order valence-electron chi connectivity index (χ4n) is 5.02. The van der Waals surface area contributed by atoms with Crippen LogP contribution in [0.15, 0.2) is 78.9 Å². The molecule has 10 nitrogen and oxygen atoms in total. The minimum atomic E-state index is -1.11. The van der Waals surface area contributed by atoms with Gasteiger partial charge in [0.05, 0.1) is 17.1 Å². The number of hydrogen-bond donors (Lipinski definition) is 2. The van der Waals surface area contributed by atoms with Gasteiger partial charge in [0.15, 0.2) is 11.6 Å². The Kier molecular flexibility index (Phi) is 5.71. The minimum Gasteiger partial charge on any atom is -0.464 e. The summed E-state index contributed by atoms with van der Waals surface area (Å²) in [5, 5.41) is 33.2. The number of benzene rings is 3. The number of rotatable bonds is 7. The van der Waals surface area contributed by atoms with Crippen molar-refractivity contribution in [2.75, 3.05) is 4.90 Å². The normalized spacial score (nSPS) is 14.7. The van der Waals surface area contributed by atoms with Crippen molar-refractivity contribution in [3.05, 3.63) is 102 Å². The number of amides is 1. The maximum absolute atomic E-state index is 12.5. The molecule has 0 aliphatic heterocycles. The Morgan fingerprint density at radius 1 is 0.974 bits per heavy atom. The number of aromatic amines is 1. The van der Waals surface area contributed by atoms with Gasteiger partial charge in [0, 0.05) is 0 Å². The van der Waals surface area contributed by atoms with Gasteiger partial charge in [0.25, 0.3) is 0 Å². The van der Waals surface area contributed by atoms with Gasteiger partial charge in [-0.05, 0) is 71.5 Å². The van der Waals surface area contributed by atoms with E-state index in [0.29, 0.717) is 17.2 Å². The molecule has 3 aromatic carbocycles. The van der Waals surface area contributed by atoms with Crippen molar-refractivity contribution in [1.29, 1.82) is 0 Å². The molecule has 0 bridgehead atoms. The van der Waals surface area contributed by atoms with E-state index in [9.17, 15) is 9.90 Å². The van der Waals surface area contributed by atoms with E-state index in [4.69, 9.17) is 0 Å². The summed E-state index contributed by atoms with van der Waals surface area (Å²) in [6.45, 7) is 3.74. The zero-order valence-corrected chi connectivity index (χ0v) is 21.0. The van der Waals surface area contributed by atoms with Gasteiger partial charge in [-0.1, -0.05) is 71.9 Å². The molecule has 1 aliphatic carbocycles. The van der Waals surface area contributed by atoms with Gasteiger partial charge in [-0.25, -0.2) is 19.5 Å². The fourth-order valence-corrected chi connectivity index (χ4v) is 5.02. The highest BCUT2D eigenvalue weighted by Gasteiger charge is 2.49. The number of hydrogen-bond acceptors (Lipinski definition) is 6. The molecule has 5 aromatic rings. The fraction of sp³-hybridized carbons (Fsp3) is 0.214. The van der Waals surface area contributed by atoms with E-state index in [-0.39, 0.29) is 11.5 Å². The molecule has 0 unspecified atom stereocenters. The van der Waals surface area contributed by atoms with Crippen LogP contribution in [0.4, 0.5) is 16.3 Å². The lowest BCUT2D eigenvalue weighted by molar-refractivity contribution is 0.204. The number of aromatic nitrogens is 7. The van der Waals surface area contributed by atoms with Crippen LogP contribution in [0.5, 0.6) is 0 Å². The number of tetrazole rings is 1. The van der Waals surface area contributed by atoms with Crippen molar-refractivity contribution in [3.8, 4) is 11.1 Å². The highest BCUT2D eigenvalue weighted by atomic mass is 16.4. The Balaban J connectivity index is 1.29. The van der Waals surface area contributed by atoms with E-state index in [0.717, 1.165) is 35.4 Å². The summed E-state index contributed by atoms with van der Waals surface area (Å²) in [6, 6.07) is 25.5. The highest BCUT2D eigenvalue weighted by Crippen LogP contribution is 2.52. The molecule has 10 heteroatoms. The van der Waals surface area contributed by atoms with Crippen LogP contribution < -0.4 is 4.90 Å². The standard InChI is InChI=1S/C28H26N8O2/c1-18-25(36(34-29-18)19(2)20-6-4-3-5-7-20)35(27(37)38)24-14-10-22(11-15-24)21-8-12-23(13-9-21)28(16-17-28)26-30-32-33-31-26/h3-15,19H,16-17H2,1-2H3,(H,37,38)(H,30,31,32,33)/t19-/m1/s1. The maximum atomic E-state index is 12.5. The zero-order chi connectivity index (χ0) is 26.3. The molecule has 38 heavy (non-hydrogen) atoms. The topological polar surface area (TPSA) is 126 Å². The van der Waals surface area contributed by atoms with Gasteiger partial charge in [0.1, 0.15) is 5.69 Å². The average Bonchev–Trinajstić information content (AvgIpc) is 3.39. The maximum Gasteiger partial charge on any atom is 0.417 e. The minimum absolute atomic E-state index is 0.125. The monoisotopic (exact) mass is 506 g/mol. The smallest absolute Gasteiger partial charge is 0.417 e. The SMILES string of the molecule is Cc1nnn([C@H](C)c2ccccc2)c1N(C(=O)O)c1ccc(-c2ccc(C3(c4nnn[nH]4)CC3)cc2)cc1. The molecule has 0 saturated heterocycles. The lowest BCUT2D eigenvalue weighted by atomic mass is 9.93. The summed E-state index contributed by atoms with van der Waals surface area (Å²) < 4.78 is 1.66. The van der Waals surface area contributed by atoms with Crippen LogP contribution in [0.1, 0.15) is 48.5 Å². The first-order valence-corrected chi connectivity index (χ1v) is 12.4. The number of carbonyl (C=O) groups is 1. The van der Waals surface area contributed by atoms with Crippen molar-refractivity contribution in [1.82, 2.24) is 35.6 Å². The van der Waals surface area contributed by atoms with Gasteiger partial charge in [-0.3, -0.25) is 0 Å². The first-order chi connectivity index (χ1) is 18.5. The van der Waals surface area contributed by atoms with E-state index in [2.05, 4.69) is 55.2 Å². The first-order valence-electron chi connectivity index (χ1n) is 12.4. The quantitative estimate of drug-likeness (QED) is 0.308. The van der Waals surface area contributed by atoms with Crippen molar-refractivity contribution in [2.24, 2.45) is 0 Å². The Hall–Kier alpha value is -4.86. The first kappa shape index (κ1) is 23.5. The molecule has 0 spiro atoms. The van der Waals surface area contributed by atoms with E-state index in [1.54, 1.807) is 11.6 Å². The summed E-state index contributed by atoms with van der Waals surface area (Å²) in [6.07, 6.45) is 0.915. The zero-order valence-electron chi connectivity index (χ0n) is 21.0. The number of nitrogens with zero attached hydrogens (tertiary/aromatic N) is 7. The second-order valence-corrected chi connectivity index (χ2v) is 9.60. The molecule has 0 radical (unpaired) electrons. The largest absolute Gasteiger partial charge is 0.464 e. The molecule has 1 atom stereocenters. The number of H-pyrrole nitrogens is 1. The van der Waals surface area contributed by atoms with E-state index in [1.807, 2.05) is 61.5 Å². The Labute approximate surface area is 218 Å². The van der Waals surface area contributed by atoms with E-state index >= 15 is 0 Å². The lowest BCUT2D eigenvalue weighted by Gasteiger charge is -2.23. The van der Waals surface area contributed by atoms with E-state index < -0.39 is 6.09 Å². The lowest BCUT2D eigenvalue weighted by Crippen LogP contribution is -2.28. The average molecular weight is 507 g/mol. The van der Waals surface area contributed by atoms with Crippen molar-refractivity contribution >= 4 is 17.6 Å². The Bertz CT molecular complexity index is 1560. The summed E-state index contributed by atoms with van der Waals surface area (Å²) in [7, 11) is 0. The second kappa shape index (κ2) is 9.22. The summed E-state index contributed by atoms with van der Waals surface area (Å²) in [5.74, 6) is 1.22. The predicted molar refractivity (Wildman–Crippen MR) is 141 cm³/mol. The van der Waals surface area contributed by atoms with Crippen molar-refractivity contribution < 1.29 is 9.90 Å². The third-order valence-corrected chi connectivity index (χ3v) is 7.33. The number of carboxylic acid groups (broad SMARTS) is 1. The Morgan fingerprint density at radius 2 is 1.63 bits per heavy atom. The van der Waals surface area contributed by atoms with Crippen LogP contribution in [0.3, 0.4) is 0 Å². The molecule has 2 N–H and O–H groups in total. The van der Waals surface area contributed by atoms with Gasteiger partial charge in [0.2, 0.25) is 0 Å². The van der Waals surface area contributed by atoms with Crippen LogP contribution in [-0.2, 0) is 5.41 Å². The predicted octanol–water partition coefficient (Wildman–Crippen LogP) is 5.27. The molecular formula is C28H26N8O2. The molecule has 1 amide bonds. The molecule has 6 rings (SSSR count). The van der Waals surface area contributed by atoms with Crippen LogP contribution in [-0.4, -0.2) is 46.8 Å². The van der Waals surface area contributed by atoms with Crippen LogP contribution in [0, 0.1) is 6.92 Å². The third-order valence-electron chi connectivity index (χ3n) is 7.33. The van der Waals surface area contributed by atoms with Crippen molar-refractivity contribution in [3.63, 3.8) is 0 Å². The molecule has 190 valence electrons. The molecule has 1 aliphatic rings. The number of aryl methyl sites for hydroxylation is 1. The molecule has 1 fully saturated rings. The van der Waals surface area contributed by atoms with E-state index in [1.165, 1.54) is 10.5 Å². The third kappa shape index (κ3) is 4.00. The van der Waals surface area contributed by atoms with Gasteiger partial charge in [-0.15, -0.1) is 10.2 Å². The Morgan fingerprint density at radius 3 is 2.21 bits per heavy atom. The second-order valence-electron chi connectivity index (χ2n) is 9.60. The molecule has 1 saturated carbocycles. The van der Waals surface area contributed by atoms with Gasteiger partial charge in [-0.2, -0.15) is 0 Å².